The number of non-ortho nitro benzene ring substituents is 1. The van der Waals surface area contributed by atoms with E-state index in [9.17, 15) is 40.1 Å². The van der Waals surface area contributed by atoms with E-state index >= 15 is 0 Å². The predicted octanol–water partition coefficient (Wildman–Crippen LogP) is 3.02. The molecule has 3 aliphatic carbocycles. The van der Waals surface area contributed by atoms with Gasteiger partial charge < -0.3 is 26.2 Å². The summed E-state index contributed by atoms with van der Waals surface area (Å²) >= 11 is 0. The second-order valence-electron chi connectivity index (χ2n) is 10.8. The van der Waals surface area contributed by atoms with Crippen LogP contribution in [0.3, 0.4) is 0 Å². The Morgan fingerprint density at radius 2 is 1.90 bits per heavy atom. The van der Waals surface area contributed by atoms with Gasteiger partial charge in [0, 0.05) is 30.0 Å². The molecule has 5 rings (SSSR count). The van der Waals surface area contributed by atoms with Crippen molar-refractivity contribution >= 4 is 29.5 Å². The molecule has 0 bridgehead atoms. The number of ketones is 1. The molecule has 2 aromatic carbocycles. The number of aliphatic hydroxyl groups is 3. The van der Waals surface area contributed by atoms with Crippen LogP contribution in [0.2, 0.25) is 0 Å². The van der Waals surface area contributed by atoms with E-state index in [2.05, 4.69) is 0 Å². The number of allylic oxidation sites excluding steroid dienone is 1. The Morgan fingerprint density at radius 3 is 2.55 bits per heavy atom. The van der Waals surface area contributed by atoms with Crippen LogP contribution >= 0.6 is 0 Å². The summed E-state index contributed by atoms with van der Waals surface area (Å²) in [6.07, 6.45) is 3.36. The van der Waals surface area contributed by atoms with Crippen LogP contribution in [-0.4, -0.2) is 67.7 Å². The average Bonchev–Trinajstić information content (AvgIpc) is 2.89. The minimum atomic E-state index is -2.03. The van der Waals surface area contributed by atoms with Crippen molar-refractivity contribution < 1.29 is 34.9 Å². The van der Waals surface area contributed by atoms with Crippen LogP contribution in [0.25, 0.3) is 12.2 Å². The van der Waals surface area contributed by atoms with Crippen molar-refractivity contribution in [3.05, 3.63) is 91.4 Å². The number of carbonyl (C=O) groups is 2. The van der Waals surface area contributed by atoms with Crippen molar-refractivity contribution in [1.29, 1.82) is 0 Å². The van der Waals surface area contributed by atoms with Crippen molar-refractivity contribution in [1.82, 2.24) is 4.90 Å². The highest BCUT2D eigenvalue weighted by molar-refractivity contribution is 6.14. The van der Waals surface area contributed by atoms with Gasteiger partial charge in [0.1, 0.15) is 22.9 Å². The highest BCUT2D eigenvalue weighted by atomic mass is 16.6. The summed E-state index contributed by atoms with van der Waals surface area (Å²) in [5.41, 5.74) is 4.84. The number of rotatable bonds is 5. The molecule has 0 radical (unpaired) electrons. The fourth-order valence-corrected chi connectivity index (χ4v) is 6.44. The zero-order chi connectivity index (χ0) is 29.1. The number of amides is 1. The van der Waals surface area contributed by atoms with Gasteiger partial charge in [-0.1, -0.05) is 30.4 Å². The van der Waals surface area contributed by atoms with Crippen molar-refractivity contribution in [3.63, 3.8) is 0 Å². The number of phenolic OH excluding ortho intramolecular Hbond substituents is 1. The van der Waals surface area contributed by atoms with Gasteiger partial charge in [-0.3, -0.25) is 24.6 Å². The lowest BCUT2D eigenvalue weighted by Crippen LogP contribution is -2.59. The number of nitrogens with two attached hydrogens (primary N) is 1. The van der Waals surface area contributed by atoms with Gasteiger partial charge in [-0.25, -0.2) is 0 Å². The summed E-state index contributed by atoms with van der Waals surface area (Å²) in [5.74, 6) is -4.04. The topological polar surface area (TPSA) is 187 Å². The van der Waals surface area contributed by atoms with Crippen molar-refractivity contribution in [2.24, 2.45) is 17.6 Å². The number of Topliss-reactive ketones (excluding diaryl/α,β-unsaturated/α-hetero) is 1. The van der Waals surface area contributed by atoms with Crippen LogP contribution in [0.15, 0.2) is 59.1 Å². The van der Waals surface area contributed by atoms with Crippen molar-refractivity contribution in [2.45, 2.75) is 30.9 Å². The number of hydrogen-bond donors (Lipinski definition) is 5. The highest BCUT2D eigenvalue weighted by Crippen LogP contribution is 2.53. The third kappa shape index (κ3) is 4.14. The fourth-order valence-electron chi connectivity index (χ4n) is 6.44. The molecule has 0 fully saturated rings. The molecular formula is C29H29N3O8. The van der Waals surface area contributed by atoms with Gasteiger partial charge in [0.15, 0.2) is 5.78 Å². The first kappa shape index (κ1) is 27.1. The number of aromatic hydroxyl groups is 1. The number of nitro groups is 1. The number of primary amides is 1. The second kappa shape index (κ2) is 9.61. The first-order valence-corrected chi connectivity index (χ1v) is 12.7. The normalized spacial score (nSPS) is 26.1. The summed E-state index contributed by atoms with van der Waals surface area (Å²) in [5, 5.41) is 55.9. The lowest BCUT2D eigenvalue weighted by atomic mass is 9.59. The monoisotopic (exact) mass is 547 g/mol. The van der Waals surface area contributed by atoms with Crippen LogP contribution in [0, 0.1) is 22.0 Å². The SMILES string of the molecule is CN(C)C1C(O)=C(C(N)=O)CC2(O)C(O)=C3C(=O)c4c(O)ccc(/C=C/c5cccc([N+](=O)[O-])c5)c4CC3CC12. The second-order valence-corrected chi connectivity index (χ2v) is 10.8. The molecule has 11 heteroatoms. The molecule has 1 amide bonds. The molecule has 3 aliphatic rings. The number of hydrogen-bond acceptors (Lipinski definition) is 9. The molecule has 6 N–H and O–H groups in total. The molecule has 0 aliphatic heterocycles. The molecule has 11 nitrogen and oxygen atoms in total. The van der Waals surface area contributed by atoms with Gasteiger partial charge in [-0.2, -0.15) is 0 Å². The lowest BCUT2D eigenvalue weighted by Gasteiger charge is -2.51. The molecule has 0 saturated carbocycles. The predicted molar refractivity (Wildman–Crippen MR) is 145 cm³/mol. The first-order chi connectivity index (χ1) is 18.8. The number of aliphatic hydroxyl groups excluding tert-OH is 2. The maximum absolute atomic E-state index is 13.8. The van der Waals surface area contributed by atoms with E-state index in [0.717, 1.165) is 0 Å². The van der Waals surface area contributed by atoms with Gasteiger partial charge in [0.2, 0.25) is 5.91 Å². The molecule has 40 heavy (non-hydrogen) atoms. The molecule has 0 heterocycles. The zero-order valence-corrected chi connectivity index (χ0v) is 21.9. The maximum Gasteiger partial charge on any atom is 0.270 e. The number of phenols is 1. The summed E-state index contributed by atoms with van der Waals surface area (Å²) in [7, 11) is 3.33. The van der Waals surface area contributed by atoms with E-state index in [1.807, 2.05) is 0 Å². The Balaban J connectivity index is 1.60. The highest BCUT2D eigenvalue weighted by Gasteiger charge is 2.58. The van der Waals surface area contributed by atoms with Crippen LogP contribution in [0.4, 0.5) is 5.69 Å². The fraction of sp³-hybridized carbons (Fsp3) is 0.310. The molecule has 2 aromatic rings. The number of nitrogens with zero attached hydrogens (tertiary/aromatic N) is 2. The Bertz CT molecular complexity index is 1560. The molecule has 4 unspecified atom stereocenters. The Labute approximate surface area is 229 Å². The van der Waals surface area contributed by atoms with E-state index in [0.29, 0.717) is 16.7 Å². The van der Waals surface area contributed by atoms with E-state index in [1.54, 1.807) is 49.3 Å². The van der Waals surface area contributed by atoms with E-state index in [4.69, 9.17) is 5.73 Å². The molecule has 4 atom stereocenters. The Hall–Kier alpha value is -4.48. The van der Waals surface area contributed by atoms with Crippen LogP contribution in [0.5, 0.6) is 5.75 Å². The zero-order valence-electron chi connectivity index (χ0n) is 21.9. The Kier molecular flexibility index (Phi) is 6.51. The minimum Gasteiger partial charge on any atom is -0.510 e. The van der Waals surface area contributed by atoms with E-state index in [1.165, 1.54) is 18.2 Å². The summed E-state index contributed by atoms with van der Waals surface area (Å²) in [6, 6.07) is 8.22. The van der Waals surface area contributed by atoms with Gasteiger partial charge in [-0.15, -0.1) is 0 Å². The molecule has 0 spiro atoms. The largest absolute Gasteiger partial charge is 0.510 e. The summed E-state index contributed by atoms with van der Waals surface area (Å²) < 4.78 is 0. The number of likely N-dealkylation sites (N-methyl/N-ethyl adjacent to an activating group) is 1. The summed E-state index contributed by atoms with van der Waals surface area (Å²) in [6.45, 7) is 0. The molecule has 0 saturated heterocycles. The third-order valence-corrected chi connectivity index (χ3v) is 8.28. The third-order valence-electron chi connectivity index (χ3n) is 8.28. The van der Waals surface area contributed by atoms with Gasteiger partial charge in [-0.05, 0) is 55.6 Å². The quantitative estimate of drug-likeness (QED) is 0.213. The van der Waals surface area contributed by atoms with Crippen molar-refractivity contribution in [2.75, 3.05) is 14.1 Å². The van der Waals surface area contributed by atoms with E-state index in [-0.39, 0.29) is 46.7 Å². The molecular weight excluding hydrogens is 518 g/mol. The number of carbonyl (C=O) groups excluding carboxylic acids is 2. The van der Waals surface area contributed by atoms with Gasteiger partial charge in [0.05, 0.1) is 22.1 Å². The number of benzene rings is 2. The van der Waals surface area contributed by atoms with E-state index < -0.39 is 52.3 Å². The molecule has 208 valence electrons. The minimum absolute atomic E-state index is 0.00507. The smallest absolute Gasteiger partial charge is 0.270 e. The number of nitro benzene ring substituents is 1. The Morgan fingerprint density at radius 1 is 1.18 bits per heavy atom. The van der Waals surface area contributed by atoms with Gasteiger partial charge >= 0.3 is 0 Å². The van der Waals surface area contributed by atoms with Crippen LogP contribution in [0.1, 0.15) is 39.9 Å². The standard InChI is InChI=1S/C29H29N3O8/c1-31(2)24-20-12-16-11-18-15(7-6-14-4-3-5-17(10-14)32(39)40)8-9-21(33)23(18)26(35)22(16)27(36)29(20,38)13-19(25(24)34)28(30)37/h3-10,16,20,24,33-34,36,38H,11-13H2,1-2H3,(H2,30,37)/b7-6+. The van der Waals surface area contributed by atoms with Crippen LogP contribution < -0.4 is 5.73 Å². The van der Waals surface area contributed by atoms with Crippen molar-refractivity contribution in [3.8, 4) is 5.75 Å². The van der Waals surface area contributed by atoms with Crippen LogP contribution in [-0.2, 0) is 11.2 Å². The lowest BCUT2D eigenvalue weighted by molar-refractivity contribution is -0.384. The number of fused-ring (bicyclic) bond motifs is 3. The maximum atomic E-state index is 13.8. The average molecular weight is 548 g/mol. The molecule has 0 aromatic heterocycles. The first-order valence-electron chi connectivity index (χ1n) is 12.7. The van der Waals surface area contributed by atoms with Gasteiger partial charge in [0.25, 0.3) is 5.69 Å². The summed E-state index contributed by atoms with van der Waals surface area (Å²) in [4.78, 5) is 38.2.